The molecule has 26 heavy (non-hydrogen) atoms. The minimum Gasteiger partial charge on any atom is -0.493 e. The van der Waals surface area contributed by atoms with Gasteiger partial charge in [0.1, 0.15) is 16.4 Å². The van der Waals surface area contributed by atoms with Crippen LogP contribution in [0.2, 0.25) is 0 Å². The van der Waals surface area contributed by atoms with Crippen LogP contribution in [0.25, 0.3) is 0 Å². The second kappa shape index (κ2) is 6.21. The summed E-state index contributed by atoms with van der Waals surface area (Å²) in [6.45, 7) is 2.31. The van der Waals surface area contributed by atoms with Crippen LogP contribution < -0.4 is 19.5 Å². The number of hydrogen-bond acceptors (Lipinski definition) is 5. The Bertz CT molecular complexity index is 969. The maximum absolute atomic E-state index is 13.1. The first kappa shape index (κ1) is 16.7. The molecule has 0 spiro atoms. The molecular formula is C18H18N2O5S. The van der Waals surface area contributed by atoms with E-state index < -0.39 is 10.0 Å². The van der Waals surface area contributed by atoms with Gasteiger partial charge in [0.15, 0.2) is 0 Å². The Balaban J connectivity index is 1.74. The molecule has 0 saturated carbocycles. The molecule has 0 aliphatic carbocycles. The zero-order valence-corrected chi connectivity index (χ0v) is 15.0. The van der Waals surface area contributed by atoms with Gasteiger partial charge in [0.2, 0.25) is 5.91 Å². The lowest BCUT2D eigenvalue weighted by atomic mass is 10.1. The first-order chi connectivity index (χ1) is 12.4. The van der Waals surface area contributed by atoms with Crippen LogP contribution >= 0.6 is 0 Å². The molecule has 2 N–H and O–H groups in total. The standard InChI is InChI=1S/C18H18N2O5S/c1-11(21)19-13-3-2-4-14(10-13)20-26(22,23)18-15-6-8-24-16(15)9-12-5-7-25-17(12)18/h2-4,9-10,20H,5-8H2,1H3,(H,19,21). The van der Waals surface area contributed by atoms with Crippen LogP contribution in [0, 0.1) is 0 Å². The van der Waals surface area contributed by atoms with Crippen molar-refractivity contribution >= 4 is 27.3 Å². The van der Waals surface area contributed by atoms with Crippen molar-refractivity contribution < 1.29 is 22.7 Å². The van der Waals surface area contributed by atoms with E-state index in [4.69, 9.17) is 9.47 Å². The summed E-state index contributed by atoms with van der Waals surface area (Å²) in [5.41, 5.74) is 2.37. The van der Waals surface area contributed by atoms with Gasteiger partial charge < -0.3 is 14.8 Å². The summed E-state index contributed by atoms with van der Waals surface area (Å²) in [5, 5.41) is 2.64. The number of carbonyl (C=O) groups is 1. The zero-order chi connectivity index (χ0) is 18.3. The summed E-state index contributed by atoms with van der Waals surface area (Å²) in [7, 11) is -3.88. The van der Waals surface area contributed by atoms with E-state index in [1.54, 1.807) is 24.3 Å². The topological polar surface area (TPSA) is 93.7 Å². The molecule has 0 atom stereocenters. The smallest absolute Gasteiger partial charge is 0.266 e. The minimum atomic E-state index is -3.88. The molecular weight excluding hydrogens is 356 g/mol. The number of benzene rings is 2. The van der Waals surface area contributed by atoms with Crippen LogP contribution in [-0.4, -0.2) is 27.5 Å². The fourth-order valence-corrected chi connectivity index (χ4v) is 4.80. The molecule has 0 bridgehead atoms. The Morgan fingerprint density at radius 2 is 1.85 bits per heavy atom. The van der Waals surface area contributed by atoms with Crippen LogP contribution in [0.4, 0.5) is 11.4 Å². The summed E-state index contributed by atoms with van der Waals surface area (Å²) in [5.74, 6) is 0.802. The van der Waals surface area contributed by atoms with Crippen LogP contribution in [0.15, 0.2) is 35.2 Å². The zero-order valence-electron chi connectivity index (χ0n) is 14.2. The number of hydrogen-bond donors (Lipinski definition) is 2. The summed E-state index contributed by atoms with van der Waals surface area (Å²) in [6.07, 6.45) is 1.18. The van der Waals surface area contributed by atoms with Gasteiger partial charge in [0, 0.05) is 36.6 Å². The highest BCUT2D eigenvalue weighted by Gasteiger charge is 2.33. The van der Waals surface area contributed by atoms with E-state index in [1.165, 1.54) is 6.92 Å². The monoisotopic (exact) mass is 374 g/mol. The Morgan fingerprint density at radius 1 is 1.08 bits per heavy atom. The fourth-order valence-electron chi connectivity index (χ4n) is 3.30. The van der Waals surface area contributed by atoms with Gasteiger partial charge in [-0.2, -0.15) is 0 Å². The molecule has 0 radical (unpaired) electrons. The number of ether oxygens (including phenoxy) is 2. The molecule has 4 rings (SSSR count). The largest absolute Gasteiger partial charge is 0.493 e. The number of amides is 1. The van der Waals surface area contributed by atoms with E-state index in [-0.39, 0.29) is 10.8 Å². The van der Waals surface area contributed by atoms with Gasteiger partial charge in [0.05, 0.1) is 18.9 Å². The molecule has 136 valence electrons. The number of sulfonamides is 1. The van der Waals surface area contributed by atoms with Gasteiger partial charge in [0.25, 0.3) is 10.0 Å². The quantitative estimate of drug-likeness (QED) is 0.857. The lowest BCUT2D eigenvalue weighted by Gasteiger charge is -2.15. The maximum Gasteiger partial charge on any atom is 0.266 e. The van der Waals surface area contributed by atoms with Crippen LogP contribution in [0.1, 0.15) is 18.1 Å². The van der Waals surface area contributed by atoms with E-state index >= 15 is 0 Å². The molecule has 7 nitrogen and oxygen atoms in total. The third-order valence-electron chi connectivity index (χ3n) is 4.31. The van der Waals surface area contributed by atoms with Crippen molar-refractivity contribution in [2.75, 3.05) is 23.3 Å². The molecule has 0 fully saturated rings. The normalized spacial score (nSPS) is 14.8. The Labute approximate surface area is 151 Å². The summed E-state index contributed by atoms with van der Waals surface area (Å²) >= 11 is 0. The molecule has 0 aromatic heterocycles. The van der Waals surface area contributed by atoms with Crippen LogP contribution in [0.3, 0.4) is 0 Å². The first-order valence-corrected chi connectivity index (χ1v) is 9.77. The number of carbonyl (C=O) groups excluding carboxylic acids is 1. The van der Waals surface area contributed by atoms with E-state index in [0.29, 0.717) is 54.5 Å². The summed E-state index contributed by atoms with van der Waals surface area (Å²) < 4.78 is 40.0. The van der Waals surface area contributed by atoms with Crippen molar-refractivity contribution in [1.29, 1.82) is 0 Å². The number of nitrogens with one attached hydrogen (secondary N) is 2. The van der Waals surface area contributed by atoms with E-state index in [9.17, 15) is 13.2 Å². The number of fused-ring (bicyclic) bond motifs is 2. The van der Waals surface area contributed by atoms with Gasteiger partial charge in [-0.3, -0.25) is 9.52 Å². The van der Waals surface area contributed by atoms with Crippen molar-refractivity contribution in [2.24, 2.45) is 0 Å². The van der Waals surface area contributed by atoms with Gasteiger partial charge in [-0.05, 0) is 24.3 Å². The molecule has 2 heterocycles. The third kappa shape index (κ3) is 2.96. The lowest BCUT2D eigenvalue weighted by Crippen LogP contribution is -2.16. The highest BCUT2D eigenvalue weighted by atomic mass is 32.2. The van der Waals surface area contributed by atoms with E-state index in [1.807, 2.05) is 6.07 Å². The van der Waals surface area contributed by atoms with Gasteiger partial charge in [-0.15, -0.1) is 0 Å². The highest BCUT2D eigenvalue weighted by molar-refractivity contribution is 7.92. The fraction of sp³-hybridized carbons (Fsp3) is 0.278. The summed E-state index contributed by atoms with van der Waals surface area (Å²) in [4.78, 5) is 11.4. The molecule has 0 unspecified atom stereocenters. The highest BCUT2D eigenvalue weighted by Crippen LogP contribution is 2.43. The Kier molecular flexibility index (Phi) is 3.99. The molecule has 2 aromatic rings. The van der Waals surface area contributed by atoms with E-state index in [0.717, 1.165) is 5.56 Å². The van der Waals surface area contributed by atoms with Gasteiger partial charge in [-0.1, -0.05) is 6.07 Å². The van der Waals surface area contributed by atoms with Crippen LogP contribution in [0.5, 0.6) is 11.5 Å². The molecule has 0 saturated heterocycles. The van der Waals surface area contributed by atoms with Gasteiger partial charge >= 0.3 is 0 Å². The second-order valence-electron chi connectivity index (χ2n) is 6.24. The van der Waals surface area contributed by atoms with E-state index in [2.05, 4.69) is 10.0 Å². The van der Waals surface area contributed by atoms with Crippen molar-refractivity contribution in [2.45, 2.75) is 24.7 Å². The third-order valence-corrected chi connectivity index (χ3v) is 5.78. The molecule has 2 aliphatic rings. The van der Waals surface area contributed by atoms with Crippen molar-refractivity contribution in [3.63, 3.8) is 0 Å². The average molecular weight is 374 g/mol. The van der Waals surface area contributed by atoms with Crippen molar-refractivity contribution in [3.05, 3.63) is 41.5 Å². The number of rotatable bonds is 4. The van der Waals surface area contributed by atoms with Crippen LogP contribution in [-0.2, 0) is 27.7 Å². The predicted molar refractivity (Wildman–Crippen MR) is 96.4 cm³/mol. The first-order valence-electron chi connectivity index (χ1n) is 8.29. The molecule has 2 aliphatic heterocycles. The summed E-state index contributed by atoms with van der Waals surface area (Å²) in [6, 6.07) is 8.43. The molecule has 1 amide bonds. The number of anilines is 2. The van der Waals surface area contributed by atoms with Crippen molar-refractivity contribution in [3.8, 4) is 11.5 Å². The average Bonchev–Trinajstić information content (AvgIpc) is 3.19. The minimum absolute atomic E-state index is 0.157. The Morgan fingerprint density at radius 3 is 2.65 bits per heavy atom. The Hall–Kier alpha value is -2.74. The molecule has 8 heteroatoms. The molecule has 2 aromatic carbocycles. The maximum atomic E-state index is 13.1. The van der Waals surface area contributed by atoms with Gasteiger partial charge in [-0.25, -0.2) is 8.42 Å². The second-order valence-corrected chi connectivity index (χ2v) is 7.85. The lowest BCUT2D eigenvalue weighted by molar-refractivity contribution is -0.114. The van der Waals surface area contributed by atoms with Crippen molar-refractivity contribution in [1.82, 2.24) is 0 Å². The SMILES string of the molecule is CC(=O)Nc1cccc(NS(=O)(=O)c2c3c(cc4c2OCC4)OCC3)c1. The predicted octanol–water partition coefficient (Wildman–Crippen LogP) is 2.32.